The molecule has 0 amide bonds. The molecular formula is C15H26N4O. The van der Waals surface area contributed by atoms with Crippen LogP contribution in [-0.4, -0.2) is 40.6 Å². The summed E-state index contributed by atoms with van der Waals surface area (Å²) in [5.41, 5.74) is 2.44. The van der Waals surface area contributed by atoms with Crippen LogP contribution >= 0.6 is 0 Å². The summed E-state index contributed by atoms with van der Waals surface area (Å²) in [5, 5.41) is 17.6. The molecule has 2 saturated carbocycles. The van der Waals surface area contributed by atoms with E-state index in [2.05, 4.69) is 29.3 Å². The monoisotopic (exact) mass is 278 g/mol. The van der Waals surface area contributed by atoms with Gasteiger partial charge >= 0.3 is 0 Å². The minimum absolute atomic E-state index is 0.0716. The molecule has 0 atom stereocenters. The number of aromatic nitrogens is 2. The lowest BCUT2D eigenvalue weighted by atomic mass is 9.82. The van der Waals surface area contributed by atoms with Crippen molar-refractivity contribution in [3.8, 4) is 0 Å². The van der Waals surface area contributed by atoms with Crippen LogP contribution in [0.5, 0.6) is 0 Å². The fourth-order valence-electron chi connectivity index (χ4n) is 3.23. The number of hydrogen-bond acceptors (Lipinski definition) is 4. The number of rotatable bonds is 6. The molecule has 0 aromatic carbocycles. The van der Waals surface area contributed by atoms with Gasteiger partial charge in [-0.3, -0.25) is 4.68 Å². The standard InChI is InChI=1S/C15H26N4O/c1-10-14(8-16-12-4-5-12)15(19(3)17-10)18(2)9-11-6-13(20)7-11/h11-13,16,20H,4-9H2,1-3H3. The SMILES string of the molecule is Cc1nn(C)c(N(C)CC2CC(O)C2)c1CNC1CC1. The van der Waals surface area contributed by atoms with Crippen LogP contribution in [0.25, 0.3) is 0 Å². The van der Waals surface area contributed by atoms with Gasteiger partial charge in [0.1, 0.15) is 5.82 Å². The largest absolute Gasteiger partial charge is 0.393 e. The maximum Gasteiger partial charge on any atom is 0.131 e. The lowest BCUT2D eigenvalue weighted by molar-refractivity contribution is 0.0463. The quantitative estimate of drug-likeness (QED) is 0.821. The van der Waals surface area contributed by atoms with Crippen molar-refractivity contribution in [2.45, 2.75) is 51.3 Å². The minimum Gasteiger partial charge on any atom is -0.393 e. The zero-order chi connectivity index (χ0) is 14.3. The first kappa shape index (κ1) is 13.9. The number of aliphatic hydroxyl groups excluding tert-OH is 1. The van der Waals surface area contributed by atoms with Gasteiger partial charge in [-0.1, -0.05) is 0 Å². The van der Waals surface area contributed by atoms with Gasteiger partial charge in [-0.25, -0.2) is 0 Å². The molecule has 5 nitrogen and oxygen atoms in total. The predicted molar refractivity (Wildman–Crippen MR) is 79.8 cm³/mol. The van der Waals surface area contributed by atoms with Crippen LogP contribution in [-0.2, 0) is 13.6 Å². The van der Waals surface area contributed by atoms with Gasteiger partial charge in [0, 0.05) is 38.8 Å². The van der Waals surface area contributed by atoms with Crippen molar-refractivity contribution in [1.29, 1.82) is 0 Å². The van der Waals surface area contributed by atoms with Gasteiger partial charge in [-0.2, -0.15) is 5.10 Å². The van der Waals surface area contributed by atoms with Crippen LogP contribution in [0, 0.1) is 12.8 Å². The zero-order valence-electron chi connectivity index (χ0n) is 12.8. The van der Waals surface area contributed by atoms with E-state index in [1.54, 1.807) is 0 Å². The lowest BCUT2D eigenvalue weighted by Gasteiger charge is -2.35. The Hall–Kier alpha value is -1.07. The van der Waals surface area contributed by atoms with E-state index in [-0.39, 0.29) is 6.10 Å². The molecule has 112 valence electrons. The molecule has 0 unspecified atom stereocenters. The van der Waals surface area contributed by atoms with Crippen LogP contribution in [0.1, 0.15) is 36.9 Å². The van der Waals surface area contributed by atoms with Crippen LogP contribution < -0.4 is 10.2 Å². The molecule has 2 fully saturated rings. The average molecular weight is 278 g/mol. The van der Waals surface area contributed by atoms with E-state index >= 15 is 0 Å². The van der Waals surface area contributed by atoms with Crippen molar-refractivity contribution in [3.63, 3.8) is 0 Å². The Morgan fingerprint density at radius 3 is 2.70 bits per heavy atom. The van der Waals surface area contributed by atoms with Gasteiger partial charge < -0.3 is 15.3 Å². The van der Waals surface area contributed by atoms with E-state index in [0.29, 0.717) is 5.92 Å². The molecular weight excluding hydrogens is 252 g/mol. The number of hydrogen-bond donors (Lipinski definition) is 2. The van der Waals surface area contributed by atoms with Gasteiger partial charge in [0.2, 0.25) is 0 Å². The number of aliphatic hydroxyl groups is 1. The van der Waals surface area contributed by atoms with Crippen LogP contribution in [0.15, 0.2) is 0 Å². The summed E-state index contributed by atoms with van der Waals surface area (Å²) in [5.74, 6) is 1.84. The van der Waals surface area contributed by atoms with Crippen molar-refractivity contribution in [3.05, 3.63) is 11.3 Å². The van der Waals surface area contributed by atoms with E-state index in [0.717, 1.165) is 37.7 Å². The smallest absolute Gasteiger partial charge is 0.131 e. The van der Waals surface area contributed by atoms with E-state index in [1.807, 2.05) is 11.7 Å². The second-order valence-corrected chi connectivity index (χ2v) is 6.54. The Morgan fingerprint density at radius 2 is 2.10 bits per heavy atom. The van der Waals surface area contributed by atoms with Crippen molar-refractivity contribution in [1.82, 2.24) is 15.1 Å². The van der Waals surface area contributed by atoms with Gasteiger partial charge in [0.05, 0.1) is 11.8 Å². The molecule has 2 aliphatic carbocycles. The Kier molecular flexibility index (Phi) is 3.73. The molecule has 2 N–H and O–H groups in total. The molecule has 2 aliphatic rings. The zero-order valence-corrected chi connectivity index (χ0v) is 12.8. The predicted octanol–water partition coefficient (Wildman–Crippen LogP) is 1.19. The third-order valence-corrected chi connectivity index (χ3v) is 4.56. The van der Waals surface area contributed by atoms with Gasteiger partial charge in [-0.15, -0.1) is 0 Å². The second-order valence-electron chi connectivity index (χ2n) is 6.54. The van der Waals surface area contributed by atoms with Gasteiger partial charge in [-0.05, 0) is 38.5 Å². The third-order valence-electron chi connectivity index (χ3n) is 4.56. The Bertz CT molecular complexity index is 474. The van der Waals surface area contributed by atoms with E-state index in [4.69, 9.17) is 0 Å². The fraction of sp³-hybridized carbons (Fsp3) is 0.800. The molecule has 0 saturated heterocycles. The highest BCUT2D eigenvalue weighted by Crippen LogP contribution is 2.31. The first-order valence-electron chi connectivity index (χ1n) is 7.69. The van der Waals surface area contributed by atoms with E-state index < -0.39 is 0 Å². The first-order chi connectivity index (χ1) is 9.54. The summed E-state index contributed by atoms with van der Waals surface area (Å²) in [7, 11) is 4.16. The summed E-state index contributed by atoms with van der Waals surface area (Å²) in [6.07, 6.45) is 4.43. The molecule has 0 aliphatic heterocycles. The molecule has 3 rings (SSSR count). The first-order valence-corrected chi connectivity index (χ1v) is 7.69. The highest BCUT2D eigenvalue weighted by atomic mass is 16.3. The third kappa shape index (κ3) is 2.83. The van der Waals surface area contributed by atoms with Crippen molar-refractivity contribution in [2.75, 3.05) is 18.5 Å². The minimum atomic E-state index is -0.0716. The summed E-state index contributed by atoms with van der Waals surface area (Å²) in [6.45, 7) is 4.01. The number of aryl methyl sites for hydroxylation is 2. The normalized spacial score (nSPS) is 25.6. The molecule has 1 heterocycles. The fourth-order valence-corrected chi connectivity index (χ4v) is 3.23. The number of anilines is 1. The van der Waals surface area contributed by atoms with Gasteiger partial charge in [0.15, 0.2) is 0 Å². The van der Waals surface area contributed by atoms with Crippen molar-refractivity contribution >= 4 is 5.82 Å². The van der Waals surface area contributed by atoms with Crippen LogP contribution in [0.2, 0.25) is 0 Å². The summed E-state index contributed by atoms with van der Waals surface area (Å²) >= 11 is 0. The molecule has 0 spiro atoms. The van der Waals surface area contributed by atoms with Gasteiger partial charge in [0.25, 0.3) is 0 Å². The molecule has 0 bridgehead atoms. The van der Waals surface area contributed by atoms with E-state index in [1.165, 1.54) is 24.2 Å². The van der Waals surface area contributed by atoms with Crippen LogP contribution in [0.4, 0.5) is 5.82 Å². The Labute approximate surface area is 121 Å². The summed E-state index contributed by atoms with van der Waals surface area (Å²) in [6, 6.07) is 0.717. The van der Waals surface area contributed by atoms with Crippen molar-refractivity contribution in [2.24, 2.45) is 13.0 Å². The number of nitrogens with one attached hydrogen (secondary N) is 1. The molecule has 0 radical (unpaired) electrons. The highest BCUT2D eigenvalue weighted by Gasteiger charge is 2.30. The van der Waals surface area contributed by atoms with Crippen LogP contribution in [0.3, 0.4) is 0 Å². The Morgan fingerprint density at radius 1 is 1.40 bits per heavy atom. The molecule has 1 aromatic heterocycles. The average Bonchev–Trinajstić information content (AvgIpc) is 3.11. The molecule has 5 heteroatoms. The maximum atomic E-state index is 9.42. The second kappa shape index (κ2) is 5.37. The highest BCUT2D eigenvalue weighted by molar-refractivity contribution is 5.49. The Balaban J connectivity index is 1.69. The molecule has 20 heavy (non-hydrogen) atoms. The summed E-state index contributed by atoms with van der Waals surface area (Å²) in [4.78, 5) is 2.31. The molecule has 1 aromatic rings. The maximum absolute atomic E-state index is 9.42. The number of nitrogens with zero attached hydrogens (tertiary/aromatic N) is 3. The summed E-state index contributed by atoms with van der Waals surface area (Å²) < 4.78 is 1.99. The lowest BCUT2D eigenvalue weighted by Crippen LogP contribution is -2.38. The van der Waals surface area contributed by atoms with Crippen molar-refractivity contribution < 1.29 is 5.11 Å². The van der Waals surface area contributed by atoms with E-state index in [9.17, 15) is 5.11 Å². The topological polar surface area (TPSA) is 53.3 Å².